The molecule has 0 amide bonds. The maximum atomic E-state index is 13.9. The van der Waals surface area contributed by atoms with Crippen molar-refractivity contribution < 1.29 is 12.8 Å². The van der Waals surface area contributed by atoms with Crippen LogP contribution in [-0.2, 0) is 10.9 Å². The Hall–Kier alpha value is -3.62. The van der Waals surface area contributed by atoms with Crippen molar-refractivity contribution in [3.63, 3.8) is 0 Å². The van der Waals surface area contributed by atoms with Gasteiger partial charge in [0, 0.05) is 28.6 Å². The Morgan fingerprint density at radius 2 is 1.73 bits per heavy atom. The molecule has 0 saturated carbocycles. The van der Waals surface area contributed by atoms with Gasteiger partial charge in [-0.25, -0.2) is 17.8 Å². The molecule has 0 aliphatic carbocycles. The van der Waals surface area contributed by atoms with Gasteiger partial charge in [0.15, 0.2) is 0 Å². The molecule has 0 atom stereocenters. The minimum atomic E-state index is -2.76. The highest BCUT2D eigenvalue weighted by atomic mass is 32.2. The molecule has 33 heavy (non-hydrogen) atoms. The van der Waals surface area contributed by atoms with Gasteiger partial charge in [-0.05, 0) is 72.1 Å². The van der Waals surface area contributed by atoms with Crippen LogP contribution in [0.25, 0.3) is 43.7 Å². The van der Waals surface area contributed by atoms with E-state index in [0.717, 1.165) is 43.7 Å². The third kappa shape index (κ3) is 4.35. The number of aryl methyl sites for hydroxylation is 1. The number of hydrogen-bond donors (Lipinski definition) is 2. The zero-order chi connectivity index (χ0) is 22.9. The molecule has 0 aliphatic rings. The predicted octanol–water partition coefficient (Wildman–Crippen LogP) is 6.08. The van der Waals surface area contributed by atoms with Crippen molar-refractivity contribution in [2.75, 3.05) is 4.72 Å². The number of nitrogens with one attached hydrogen (secondary N) is 1. The lowest BCUT2D eigenvalue weighted by molar-refractivity contribution is 0.618. The SMILES string of the molecule is Cc1cc(-c2ncc(-c3cccc(N[SH](=O)=O)c3)cc2-c2ccc3ncsc3c2)ccc1F. The number of benzene rings is 3. The highest BCUT2D eigenvalue weighted by Crippen LogP contribution is 2.36. The van der Waals surface area contributed by atoms with E-state index >= 15 is 0 Å². The van der Waals surface area contributed by atoms with Crippen LogP contribution in [0.5, 0.6) is 0 Å². The monoisotopic (exact) mass is 475 g/mol. The van der Waals surface area contributed by atoms with Crippen molar-refractivity contribution >= 4 is 38.1 Å². The van der Waals surface area contributed by atoms with E-state index in [1.807, 2.05) is 29.8 Å². The maximum absolute atomic E-state index is 13.9. The molecule has 5 nitrogen and oxygen atoms in total. The molecule has 2 heterocycles. The minimum absolute atomic E-state index is 0.260. The number of thiol groups is 1. The van der Waals surface area contributed by atoms with Crippen LogP contribution in [0.1, 0.15) is 5.56 Å². The van der Waals surface area contributed by atoms with Crippen molar-refractivity contribution in [1.29, 1.82) is 0 Å². The van der Waals surface area contributed by atoms with Crippen molar-refractivity contribution in [2.24, 2.45) is 0 Å². The van der Waals surface area contributed by atoms with Crippen molar-refractivity contribution in [1.82, 2.24) is 9.97 Å². The summed E-state index contributed by atoms with van der Waals surface area (Å²) in [6, 6.07) is 20.2. The number of nitrogens with zero attached hydrogens (tertiary/aromatic N) is 2. The molecule has 0 saturated heterocycles. The van der Waals surface area contributed by atoms with E-state index in [2.05, 4.69) is 15.8 Å². The third-order valence-corrected chi connectivity index (χ3v) is 6.61. The average molecular weight is 476 g/mol. The van der Waals surface area contributed by atoms with Crippen LogP contribution in [0.15, 0.2) is 78.4 Å². The Labute approximate surface area is 195 Å². The number of rotatable bonds is 5. The second-order valence-electron chi connectivity index (χ2n) is 7.57. The molecule has 3 aromatic carbocycles. The minimum Gasteiger partial charge on any atom is -0.286 e. The van der Waals surface area contributed by atoms with E-state index in [9.17, 15) is 12.8 Å². The molecule has 0 aliphatic heterocycles. The van der Waals surface area contributed by atoms with Crippen molar-refractivity contribution in [3.8, 4) is 33.5 Å². The number of hydrogen-bond acceptors (Lipinski definition) is 5. The van der Waals surface area contributed by atoms with Crippen LogP contribution in [0, 0.1) is 12.7 Å². The normalized spacial score (nSPS) is 11.2. The van der Waals surface area contributed by atoms with Crippen molar-refractivity contribution in [3.05, 3.63) is 89.8 Å². The zero-order valence-electron chi connectivity index (χ0n) is 17.4. The van der Waals surface area contributed by atoms with E-state index in [1.165, 1.54) is 6.07 Å². The Kier molecular flexibility index (Phi) is 5.62. The van der Waals surface area contributed by atoms with Crippen LogP contribution in [0.4, 0.5) is 10.1 Å². The van der Waals surface area contributed by atoms with Gasteiger partial charge in [-0.3, -0.25) is 9.71 Å². The summed E-state index contributed by atoms with van der Waals surface area (Å²) >= 11 is 1.56. The fraction of sp³-hybridized carbons (Fsp3) is 0.0400. The summed E-state index contributed by atoms with van der Waals surface area (Å²) in [6.07, 6.45) is 1.75. The lowest BCUT2D eigenvalue weighted by Crippen LogP contribution is -1.96. The van der Waals surface area contributed by atoms with Gasteiger partial charge in [-0.2, -0.15) is 0 Å². The van der Waals surface area contributed by atoms with Crippen LogP contribution < -0.4 is 4.72 Å². The van der Waals surface area contributed by atoms with Gasteiger partial charge in [0.2, 0.25) is 10.9 Å². The second kappa shape index (κ2) is 8.73. The second-order valence-corrected chi connectivity index (χ2v) is 9.19. The highest BCUT2D eigenvalue weighted by Gasteiger charge is 2.14. The lowest BCUT2D eigenvalue weighted by atomic mass is 9.95. The molecule has 164 valence electrons. The molecule has 2 aromatic heterocycles. The summed E-state index contributed by atoms with van der Waals surface area (Å²) in [5.41, 5.74) is 8.85. The smallest absolute Gasteiger partial charge is 0.222 e. The van der Waals surface area contributed by atoms with Gasteiger partial charge < -0.3 is 0 Å². The summed E-state index contributed by atoms with van der Waals surface area (Å²) in [6.45, 7) is 1.73. The van der Waals surface area contributed by atoms with Gasteiger partial charge >= 0.3 is 0 Å². The van der Waals surface area contributed by atoms with Crippen LogP contribution in [0.2, 0.25) is 0 Å². The molecule has 0 bridgehead atoms. The first-order chi connectivity index (χ1) is 16.0. The topological polar surface area (TPSA) is 72.0 Å². The van der Waals surface area contributed by atoms with E-state index in [0.29, 0.717) is 11.3 Å². The highest BCUT2D eigenvalue weighted by molar-refractivity contribution is 7.73. The van der Waals surface area contributed by atoms with Crippen molar-refractivity contribution in [2.45, 2.75) is 6.92 Å². The molecule has 8 heteroatoms. The summed E-state index contributed by atoms with van der Waals surface area (Å²) in [5.74, 6) is -0.260. The lowest BCUT2D eigenvalue weighted by Gasteiger charge is -2.13. The van der Waals surface area contributed by atoms with Gasteiger partial charge in [0.1, 0.15) is 5.82 Å². The zero-order valence-corrected chi connectivity index (χ0v) is 19.2. The standard InChI is InChI=1S/C25H18FN3O2S2/c1-15-9-18(5-7-22(15)26)25-21(17-6-8-23-24(12-17)32-14-28-23)11-19(13-27-25)16-3-2-4-20(10-16)29-33(30)31/h2-14,33H,1H3,(H,29,30,31). The average Bonchev–Trinajstić information content (AvgIpc) is 3.28. The summed E-state index contributed by atoms with van der Waals surface area (Å²) in [7, 11) is -2.76. The quantitative estimate of drug-likeness (QED) is 0.302. The van der Waals surface area contributed by atoms with E-state index < -0.39 is 10.9 Å². The number of pyridine rings is 1. The molecular formula is C25H18FN3O2S2. The summed E-state index contributed by atoms with van der Waals surface area (Å²) in [5, 5.41) is 0. The molecular weight excluding hydrogens is 457 g/mol. The van der Waals surface area contributed by atoms with E-state index in [4.69, 9.17) is 4.98 Å². The molecule has 0 spiro atoms. The molecule has 5 rings (SSSR count). The first-order valence-electron chi connectivity index (χ1n) is 10.1. The summed E-state index contributed by atoms with van der Waals surface area (Å²) < 4.78 is 39.5. The molecule has 0 radical (unpaired) electrons. The van der Waals surface area contributed by atoms with Gasteiger partial charge in [-0.1, -0.05) is 18.2 Å². The summed E-state index contributed by atoms with van der Waals surface area (Å²) in [4.78, 5) is 9.11. The van der Waals surface area contributed by atoms with Crippen LogP contribution in [-0.4, -0.2) is 18.4 Å². The van der Waals surface area contributed by atoms with Gasteiger partial charge in [0.05, 0.1) is 21.4 Å². The van der Waals surface area contributed by atoms with Crippen LogP contribution in [0.3, 0.4) is 0 Å². The number of thiazole rings is 1. The fourth-order valence-corrected chi connectivity index (χ4v) is 4.83. The number of anilines is 1. The largest absolute Gasteiger partial charge is 0.286 e. The molecule has 0 unspecified atom stereocenters. The maximum Gasteiger partial charge on any atom is 0.222 e. The first-order valence-corrected chi connectivity index (χ1v) is 12.2. The molecule has 1 N–H and O–H groups in total. The Morgan fingerprint density at radius 3 is 2.55 bits per heavy atom. The Balaban J connectivity index is 1.69. The molecule has 0 fully saturated rings. The predicted molar refractivity (Wildman–Crippen MR) is 132 cm³/mol. The van der Waals surface area contributed by atoms with Gasteiger partial charge in [0.25, 0.3) is 0 Å². The third-order valence-electron chi connectivity index (χ3n) is 5.38. The van der Waals surface area contributed by atoms with E-state index in [1.54, 1.807) is 54.8 Å². The fourth-order valence-electron chi connectivity index (χ4n) is 3.76. The molecule has 5 aromatic rings. The van der Waals surface area contributed by atoms with Crippen LogP contribution >= 0.6 is 11.3 Å². The Morgan fingerprint density at radius 1 is 0.879 bits per heavy atom. The number of fused-ring (bicyclic) bond motifs is 1. The number of aromatic nitrogens is 2. The number of halogens is 1. The first kappa shape index (κ1) is 21.2. The van der Waals surface area contributed by atoms with E-state index in [-0.39, 0.29) is 5.82 Å². The van der Waals surface area contributed by atoms with Gasteiger partial charge in [-0.15, -0.1) is 11.3 Å². The Bertz CT molecular complexity index is 1570.